The van der Waals surface area contributed by atoms with E-state index in [2.05, 4.69) is 33.0 Å². The van der Waals surface area contributed by atoms with Crippen molar-refractivity contribution < 1.29 is 44.5 Å². The first-order chi connectivity index (χ1) is 10.4. The minimum absolute atomic E-state index is 0. The van der Waals surface area contributed by atoms with Crippen LogP contribution < -0.4 is 0 Å². The third kappa shape index (κ3) is 11.2. The summed E-state index contributed by atoms with van der Waals surface area (Å²) in [6, 6.07) is 0. The average molecular weight is 477 g/mol. The maximum Gasteiger partial charge on any atom is 2.00 e. The van der Waals surface area contributed by atoms with Gasteiger partial charge >= 0.3 is 55.0 Å². The molecule has 22 heavy (non-hydrogen) atoms. The molecule has 2 aliphatic heterocycles. The molecule has 0 radical (unpaired) electrons. The van der Waals surface area contributed by atoms with E-state index in [0.717, 1.165) is 13.2 Å². The van der Waals surface area contributed by atoms with Crippen LogP contribution in [0.5, 0.6) is 0 Å². The van der Waals surface area contributed by atoms with Crippen molar-refractivity contribution in [1.29, 1.82) is 0 Å². The van der Waals surface area contributed by atoms with Crippen LogP contribution in [0.15, 0.2) is 5.57 Å². The van der Waals surface area contributed by atoms with Crippen molar-refractivity contribution in [3.63, 3.8) is 0 Å². The fourth-order valence-electron chi connectivity index (χ4n) is 2.37. The average Bonchev–Trinajstić information content (AvgIpc) is 3.28. The van der Waals surface area contributed by atoms with Crippen molar-refractivity contribution in [2.24, 2.45) is 5.92 Å². The molecule has 1 saturated heterocycles. The molecule has 2 fully saturated rings. The number of rotatable bonds is 0. The summed E-state index contributed by atoms with van der Waals surface area (Å²) in [5, 5.41) is 0. The molecule has 0 aromatic heterocycles. The zero-order valence-electron chi connectivity index (χ0n) is 12.8. The second kappa shape index (κ2) is 20.6. The Morgan fingerprint density at radius 3 is 1.82 bits per heavy atom. The van der Waals surface area contributed by atoms with Crippen molar-refractivity contribution in [2.45, 2.75) is 45.1 Å². The van der Waals surface area contributed by atoms with Crippen molar-refractivity contribution >= 4 is 0 Å². The predicted octanol–water partition coefficient (Wildman–Crippen LogP) is 2.62. The fourth-order valence-corrected chi connectivity index (χ4v) is 2.37. The smallest absolute Gasteiger partial charge is 2.00 e. The normalized spacial score (nSPS) is 23.5. The molecule has 0 aromatic carbocycles. The van der Waals surface area contributed by atoms with Gasteiger partial charge in [-0.15, -0.1) is 0 Å². The molecule has 0 bridgehead atoms. The Balaban J connectivity index is -0.000000259. The third-order valence-corrected chi connectivity index (χ3v) is 3.46. The molecule has 0 N–H and O–H groups in total. The van der Waals surface area contributed by atoms with Gasteiger partial charge in [0.05, 0.1) is 12.7 Å². The Hall–Kier alpha value is -0.432. The third-order valence-electron chi connectivity index (χ3n) is 3.46. The predicted molar refractivity (Wildman–Crippen MR) is 71.4 cm³/mol. The Morgan fingerprint density at radius 1 is 0.955 bits per heavy atom. The van der Waals surface area contributed by atoms with Gasteiger partial charge in [0, 0.05) is 6.61 Å². The van der Waals surface area contributed by atoms with Gasteiger partial charge in [-0.05, 0) is 12.8 Å². The quantitative estimate of drug-likeness (QED) is 0.398. The molecule has 0 unspecified atom stereocenters. The second-order valence-electron chi connectivity index (χ2n) is 4.61. The van der Waals surface area contributed by atoms with E-state index in [4.69, 9.17) is 23.4 Å². The summed E-state index contributed by atoms with van der Waals surface area (Å²) in [5.41, 5.74) is 1.32. The van der Waals surface area contributed by atoms with Crippen molar-refractivity contribution in [2.75, 3.05) is 19.8 Å². The molecule has 2 atom stereocenters. The van der Waals surface area contributed by atoms with Gasteiger partial charge < -0.3 is 15.5 Å². The second-order valence-corrected chi connectivity index (χ2v) is 4.61. The zero-order chi connectivity index (χ0) is 16.5. The first kappa shape index (κ1) is 26.5. The van der Waals surface area contributed by atoms with Crippen molar-refractivity contribution in [1.82, 2.24) is 0 Å². The van der Waals surface area contributed by atoms with Gasteiger partial charge in [0.15, 0.2) is 0 Å². The first-order valence-corrected chi connectivity index (χ1v) is 6.78. The van der Waals surface area contributed by atoms with Gasteiger partial charge in [0.2, 0.25) is 0 Å². The monoisotopic (exact) mass is 477 g/mol. The SMILES string of the molecule is C1CCCC1.C[C@H]1OC[C-]=C2COC[C@H]21.[C-]#[O+].[C-]#[O+].[C-]#[O+].[W+2]. The van der Waals surface area contributed by atoms with Gasteiger partial charge in [0.25, 0.3) is 0 Å². The molecule has 0 amide bonds. The molecule has 3 rings (SSSR count). The van der Waals surface area contributed by atoms with Crippen LogP contribution in [-0.4, -0.2) is 25.9 Å². The van der Waals surface area contributed by atoms with Gasteiger partial charge in [-0.2, -0.15) is 0 Å². The summed E-state index contributed by atoms with van der Waals surface area (Å²) in [4.78, 5) is 0. The largest absolute Gasteiger partial charge is 2.00 e. The Morgan fingerprint density at radius 2 is 1.41 bits per heavy atom. The summed E-state index contributed by atoms with van der Waals surface area (Å²) in [6.45, 7) is 17.8. The van der Waals surface area contributed by atoms with E-state index in [0.29, 0.717) is 18.6 Å². The van der Waals surface area contributed by atoms with Crippen LogP contribution in [0.3, 0.4) is 0 Å². The van der Waals surface area contributed by atoms with E-state index in [1.165, 1.54) is 37.7 Å². The number of ether oxygens (including phenoxy) is 2. The summed E-state index contributed by atoms with van der Waals surface area (Å²) in [5.74, 6) is 0.494. The van der Waals surface area contributed by atoms with Crippen molar-refractivity contribution in [3.05, 3.63) is 31.6 Å². The van der Waals surface area contributed by atoms with Crippen LogP contribution in [0.25, 0.3) is 0 Å². The number of hydrogen-bond acceptors (Lipinski definition) is 2. The summed E-state index contributed by atoms with van der Waals surface area (Å²) in [6.07, 6.45) is 11.0. The Labute approximate surface area is 147 Å². The first-order valence-electron chi connectivity index (χ1n) is 6.78. The summed E-state index contributed by atoms with van der Waals surface area (Å²) < 4.78 is 33.2. The van der Waals surface area contributed by atoms with Crippen LogP contribution in [0.2, 0.25) is 0 Å². The standard InChI is InChI=1S/C8H11O2.C5H10.3CO.W/c1-6-8-5-9-4-7(8)2-3-10-6;1-2-4-5-3-1;3*1-2;/h6,8H,3-5H2,1H3;1-5H2;;;;/q-1;;;;;+2/t6-,8+;;;;;/m1...../s1. The van der Waals surface area contributed by atoms with Gasteiger partial charge in [0.1, 0.15) is 0 Å². The van der Waals surface area contributed by atoms with Gasteiger partial charge in [-0.25, -0.2) is 5.57 Å². The molecule has 1 saturated carbocycles. The minimum atomic E-state index is 0. The molecule has 0 aromatic rings. The van der Waals surface area contributed by atoms with E-state index < -0.39 is 0 Å². The molecular formula is C16H21O5W+. The fraction of sp³-hybridized carbons (Fsp3) is 0.688. The number of hydrogen-bond donors (Lipinski definition) is 0. The molecule has 120 valence electrons. The van der Waals surface area contributed by atoms with E-state index in [1.807, 2.05) is 0 Å². The topological polar surface area (TPSA) is 78.2 Å². The minimum Gasteiger partial charge on any atom is 2.00 e. The van der Waals surface area contributed by atoms with Crippen LogP contribution >= 0.6 is 0 Å². The van der Waals surface area contributed by atoms with Crippen molar-refractivity contribution in [3.8, 4) is 0 Å². The zero-order valence-corrected chi connectivity index (χ0v) is 15.7. The Kier molecular flexibility index (Phi) is 24.7. The maximum atomic E-state index is 7.50. The molecule has 5 nitrogen and oxygen atoms in total. The van der Waals surface area contributed by atoms with E-state index in [9.17, 15) is 0 Å². The van der Waals surface area contributed by atoms with Crippen LogP contribution in [0.1, 0.15) is 39.0 Å². The van der Waals surface area contributed by atoms with E-state index in [1.54, 1.807) is 0 Å². The molecule has 3 aliphatic rings. The summed E-state index contributed by atoms with van der Waals surface area (Å²) >= 11 is 0. The van der Waals surface area contributed by atoms with E-state index >= 15 is 0 Å². The molecule has 2 heterocycles. The molecule has 6 heteroatoms. The maximum absolute atomic E-state index is 7.50. The van der Waals surface area contributed by atoms with Crippen LogP contribution in [0, 0.1) is 31.9 Å². The molecule has 1 aliphatic carbocycles. The summed E-state index contributed by atoms with van der Waals surface area (Å²) in [7, 11) is 0. The van der Waals surface area contributed by atoms with Gasteiger partial charge in [-0.1, -0.05) is 38.7 Å². The number of fused-ring (bicyclic) bond motifs is 1. The van der Waals surface area contributed by atoms with E-state index in [-0.39, 0.29) is 21.1 Å². The van der Waals surface area contributed by atoms with Crippen LogP contribution in [0.4, 0.5) is 0 Å². The Bertz CT molecular complexity index is 309. The molecular weight excluding hydrogens is 456 g/mol. The molecule has 0 spiro atoms. The van der Waals surface area contributed by atoms with Crippen LogP contribution in [-0.2, 0) is 44.5 Å². The van der Waals surface area contributed by atoms with Gasteiger partial charge in [-0.3, -0.25) is 0 Å².